The van der Waals surface area contributed by atoms with E-state index in [4.69, 9.17) is 4.74 Å². The summed E-state index contributed by atoms with van der Waals surface area (Å²) in [5, 5.41) is 9.09. The first-order valence-electron chi connectivity index (χ1n) is 5.54. The van der Waals surface area contributed by atoms with Gasteiger partial charge in [0.25, 0.3) is 0 Å². The lowest BCUT2D eigenvalue weighted by Crippen LogP contribution is -1.97. The minimum atomic E-state index is 0.662. The normalized spacial score (nSPS) is 10.5. The highest BCUT2D eigenvalue weighted by Gasteiger charge is 2.03. The molecule has 90 valence electrons. The molecule has 0 aliphatic heterocycles. The molecule has 1 aromatic carbocycles. The minimum absolute atomic E-state index is 0.662. The molecule has 2 rings (SSSR count). The van der Waals surface area contributed by atoms with Gasteiger partial charge < -0.3 is 4.74 Å². The Morgan fingerprint density at radius 1 is 1.41 bits per heavy atom. The lowest BCUT2D eigenvalue weighted by atomic mass is 10.3. The van der Waals surface area contributed by atoms with E-state index in [-0.39, 0.29) is 0 Å². The van der Waals surface area contributed by atoms with Gasteiger partial charge in [-0.25, -0.2) is 4.68 Å². The summed E-state index contributed by atoms with van der Waals surface area (Å²) in [6.07, 6.45) is 2.82. The van der Waals surface area contributed by atoms with Crippen LogP contribution in [-0.2, 0) is 6.42 Å². The van der Waals surface area contributed by atoms with E-state index in [0.29, 0.717) is 6.61 Å². The van der Waals surface area contributed by atoms with Crippen molar-refractivity contribution in [1.29, 1.82) is 0 Å². The van der Waals surface area contributed by atoms with Gasteiger partial charge in [-0.15, -0.1) is 5.10 Å². The lowest BCUT2D eigenvalue weighted by molar-refractivity contribution is 0.340. The van der Waals surface area contributed by atoms with E-state index in [1.165, 1.54) is 0 Å². The molecular weight excluding hydrogens is 282 g/mol. The van der Waals surface area contributed by atoms with Crippen molar-refractivity contribution in [1.82, 2.24) is 15.0 Å². The number of hydrogen-bond acceptors (Lipinski definition) is 3. The van der Waals surface area contributed by atoms with Gasteiger partial charge in [-0.2, -0.15) is 0 Å². The summed E-state index contributed by atoms with van der Waals surface area (Å²) in [7, 11) is 0. The summed E-state index contributed by atoms with van der Waals surface area (Å²) in [5.41, 5.74) is 1.94. The Balaban J connectivity index is 2.22. The number of ether oxygens (including phenoxy) is 1. The number of aromatic nitrogens is 3. The molecule has 1 heterocycles. The first kappa shape index (κ1) is 12.1. The number of hydrogen-bond donors (Lipinski definition) is 0. The standard InChI is InChI=1S/C12H14BrN3O/c1-2-17-12-5-3-4-11(8-12)16-9-10(6-7-13)14-15-16/h3-5,8-9H,2,6-7H2,1H3. The fourth-order valence-corrected chi connectivity index (χ4v) is 1.92. The summed E-state index contributed by atoms with van der Waals surface area (Å²) in [5.74, 6) is 0.850. The molecule has 0 fully saturated rings. The average Bonchev–Trinajstić information content (AvgIpc) is 2.79. The monoisotopic (exact) mass is 295 g/mol. The second kappa shape index (κ2) is 5.82. The smallest absolute Gasteiger partial charge is 0.121 e. The maximum absolute atomic E-state index is 5.45. The Bertz CT molecular complexity index is 484. The molecule has 0 unspecified atom stereocenters. The van der Waals surface area contributed by atoms with Crippen LogP contribution in [0.1, 0.15) is 12.6 Å². The Kier molecular flexibility index (Phi) is 4.14. The quantitative estimate of drug-likeness (QED) is 0.796. The van der Waals surface area contributed by atoms with Gasteiger partial charge in [0.2, 0.25) is 0 Å². The number of nitrogens with zero attached hydrogens (tertiary/aromatic N) is 3. The van der Waals surface area contributed by atoms with Crippen LogP contribution in [0.2, 0.25) is 0 Å². The van der Waals surface area contributed by atoms with Crippen molar-refractivity contribution in [2.75, 3.05) is 11.9 Å². The maximum Gasteiger partial charge on any atom is 0.121 e. The topological polar surface area (TPSA) is 39.9 Å². The molecule has 0 bridgehead atoms. The van der Waals surface area contributed by atoms with Crippen molar-refractivity contribution in [3.05, 3.63) is 36.2 Å². The van der Waals surface area contributed by atoms with Gasteiger partial charge in [0.1, 0.15) is 5.75 Å². The zero-order valence-electron chi connectivity index (χ0n) is 9.64. The first-order chi connectivity index (χ1) is 8.33. The van der Waals surface area contributed by atoms with Crippen molar-refractivity contribution in [3.63, 3.8) is 0 Å². The lowest BCUT2D eigenvalue weighted by Gasteiger charge is -2.05. The highest BCUT2D eigenvalue weighted by molar-refractivity contribution is 9.09. The van der Waals surface area contributed by atoms with E-state index in [1.54, 1.807) is 4.68 Å². The van der Waals surface area contributed by atoms with E-state index in [9.17, 15) is 0 Å². The Hall–Kier alpha value is -1.36. The summed E-state index contributed by atoms with van der Waals surface area (Å²) in [4.78, 5) is 0. The highest BCUT2D eigenvalue weighted by Crippen LogP contribution is 2.16. The van der Waals surface area contributed by atoms with Gasteiger partial charge in [0.15, 0.2) is 0 Å². The van der Waals surface area contributed by atoms with E-state index in [1.807, 2.05) is 37.4 Å². The Morgan fingerprint density at radius 3 is 3.06 bits per heavy atom. The number of halogens is 1. The zero-order valence-corrected chi connectivity index (χ0v) is 11.2. The van der Waals surface area contributed by atoms with Gasteiger partial charge in [-0.05, 0) is 19.1 Å². The van der Waals surface area contributed by atoms with Crippen molar-refractivity contribution >= 4 is 15.9 Å². The van der Waals surface area contributed by atoms with Gasteiger partial charge in [0, 0.05) is 17.8 Å². The number of benzene rings is 1. The molecule has 0 saturated carbocycles. The highest BCUT2D eigenvalue weighted by atomic mass is 79.9. The number of aryl methyl sites for hydroxylation is 1. The molecule has 17 heavy (non-hydrogen) atoms. The Labute approximate surface area is 109 Å². The summed E-state index contributed by atoms with van der Waals surface area (Å²) < 4.78 is 7.22. The minimum Gasteiger partial charge on any atom is -0.494 e. The summed E-state index contributed by atoms with van der Waals surface area (Å²) in [6, 6.07) is 7.82. The van der Waals surface area contributed by atoms with E-state index in [2.05, 4.69) is 26.2 Å². The fourth-order valence-electron chi connectivity index (χ4n) is 1.52. The van der Waals surface area contributed by atoms with Crippen LogP contribution in [0, 0.1) is 0 Å². The number of alkyl halides is 1. The Morgan fingerprint density at radius 2 is 2.29 bits per heavy atom. The molecule has 4 nitrogen and oxygen atoms in total. The van der Waals surface area contributed by atoms with Crippen molar-refractivity contribution < 1.29 is 4.74 Å². The molecule has 0 spiro atoms. The SMILES string of the molecule is CCOc1cccc(-n2cc(CCBr)nn2)c1. The van der Waals surface area contributed by atoms with Crippen LogP contribution in [0.5, 0.6) is 5.75 Å². The van der Waals surface area contributed by atoms with Gasteiger partial charge in [0.05, 0.1) is 24.2 Å². The van der Waals surface area contributed by atoms with Gasteiger partial charge >= 0.3 is 0 Å². The molecule has 5 heteroatoms. The van der Waals surface area contributed by atoms with Gasteiger partial charge in [-0.3, -0.25) is 0 Å². The van der Waals surface area contributed by atoms with Crippen LogP contribution in [-0.4, -0.2) is 26.9 Å². The summed E-state index contributed by atoms with van der Waals surface area (Å²) in [6.45, 7) is 2.63. The van der Waals surface area contributed by atoms with E-state index in [0.717, 1.165) is 28.9 Å². The van der Waals surface area contributed by atoms with Crippen molar-refractivity contribution in [3.8, 4) is 11.4 Å². The van der Waals surface area contributed by atoms with Crippen LogP contribution in [0.25, 0.3) is 5.69 Å². The fraction of sp³-hybridized carbons (Fsp3) is 0.333. The second-order valence-electron chi connectivity index (χ2n) is 3.52. The molecule has 0 atom stereocenters. The largest absolute Gasteiger partial charge is 0.494 e. The van der Waals surface area contributed by atoms with Crippen LogP contribution < -0.4 is 4.74 Å². The van der Waals surface area contributed by atoms with Crippen LogP contribution >= 0.6 is 15.9 Å². The van der Waals surface area contributed by atoms with Gasteiger partial charge in [-0.1, -0.05) is 27.2 Å². The molecular formula is C12H14BrN3O. The van der Waals surface area contributed by atoms with Crippen molar-refractivity contribution in [2.24, 2.45) is 0 Å². The van der Waals surface area contributed by atoms with E-state index < -0.39 is 0 Å². The zero-order chi connectivity index (χ0) is 12.1. The van der Waals surface area contributed by atoms with Crippen LogP contribution in [0.15, 0.2) is 30.5 Å². The van der Waals surface area contributed by atoms with Crippen LogP contribution in [0.3, 0.4) is 0 Å². The molecule has 0 amide bonds. The first-order valence-corrected chi connectivity index (χ1v) is 6.66. The molecule has 0 radical (unpaired) electrons. The third-order valence-corrected chi connectivity index (χ3v) is 2.68. The van der Waals surface area contributed by atoms with Crippen LogP contribution in [0.4, 0.5) is 0 Å². The second-order valence-corrected chi connectivity index (χ2v) is 4.32. The third-order valence-electron chi connectivity index (χ3n) is 2.28. The number of rotatable bonds is 5. The molecule has 0 aliphatic rings. The molecule has 0 aliphatic carbocycles. The maximum atomic E-state index is 5.45. The molecule has 2 aromatic rings. The summed E-state index contributed by atoms with van der Waals surface area (Å²) >= 11 is 3.39. The third kappa shape index (κ3) is 3.06. The average molecular weight is 296 g/mol. The predicted octanol–water partition coefficient (Wildman–Crippen LogP) is 2.60. The molecule has 0 saturated heterocycles. The molecule has 0 N–H and O–H groups in total. The predicted molar refractivity (Wildman–Crippen MR) is 70.0 cm³/mol. The molecule has 1 aromatic heterocycles. The van der Waals surface area contributed by atoms with Crippen molar-refractivity contribution in [2.45, 2.75) is 13.3 Å². The van der Waals surface area contributed by atoms with E-state index >= 15 is 0 Å².